The maximum Gasteiger partial charge on any atom is 0.0652 e. The molecule has 256 valence electrons. The lowest BCUT2D eigenvalue weighted by Gasteiger charge is -2.40. The predicted octanol–water partition coefficient (Wildman–Crippen LogP) is 13.3. The zero-order valence-corrected chi connectivity index (χ0v) is 30.3. The lowest BCUT2D eigenvalue weighted by Crippen LogP contribution is -2.30. The Labute approximate surface area is 292 Å². The van der Waals surface area contributed by atoms with Crippen LogP contribution in [0.1, 0.15) is 105 Å². The summed E-state index contributed by atoms with van der Waals surface area (Å²) < 4.78 is 0. The summed E-state index contributed by atoms with van der Waals surface area (Å²) in [5.74, 6) is 0. The van der Waals surface area contributed by atoms with Crippen LogP contribution in [-0.2, 0) is 0 Å². The highest BCUT2D eigenvalue weighted by atomic mass is 15.3. The third kappa shape index (κ3) is 8.38. The van der Waals surface area contributed by atoms with Gasteiger partial charge in [0.25, 0.3) is 0 Å². The molecule has 48 heavy (non-hydrogen) atoms. The third-order valence-corrected chi connectivity index (χ3v) is 9.96. The van der Waals surface area contributed by atoms with E-state index < -0.39 is 0 Å². The first-order valence-electron chi connectivity index (χ1n) is 19.2. The number of benzene rings is 4. The summed E-state index contributed by atoms with van der Waals surface area (Å²) in [5, 5.41) is 0. The van der Waals surface area contributed by atoms with Gasteiger partial charge in [0.15, 0.2) is 0 Å². The topological polar surface area (TPSA) is 13.0 Å². The average molecular weight is 645 g/mol. The van der Waals surface area contributed by atoms with Crippen molar-refractivity contribution < 1.29 is 0 Å². The summed E-state index contributed by atoms with van der Waals surface area (Å²) >= 11 is 0. The Hall–Kier alpha value is -3.92. The van der Waals surface area contributed by atoms with Gasteiger partial charge in [-0.1, -0.05) is 127 Å². The van der Waals surface area contributed by atoms with Crippen LogP contribution >= 0.6 is 0 Å². The standard InChI is InChI=1S/C28H42N2.C16H18N2/c1-3-5-7-9-11-17-23-29-25-19-13-15-21-27(25)30(24-18-12-10-8-6-4-2)28-22-16-14-20-26(28)29;1-3-17-13-9-5-7-11-15(13)18(4-2)16-12-8-6-10-14(16)17/h13-16,19-22H,3-12,17-18,23-24H2,1-2H3;5-12H,3-4H2,1-2H3. The molecule has 0 fully saturated rings. The van der Waals surface area contributed by atoms with Gasteiger partial charge in [-0.15, -0.1) is 0 Å². The van der Waals surface area contributed by atoms with Crippen molar-refractivity contribution in [3.63, 3.8) is 0 Å². The molecule has 2 aliphatic heterocycles. The summed E-state index contributed by atoms with van der Waals surface area (Å²) in [6, 6.07) is 35.3. The maximum atomic E-state index is 2.57. The smallest absolute Gasteiger partial charge is 0.0652 e. The fraction of sp³-hybridized carbons (Fsp3) is 0.455. The van der Waals surface area contributed by atoms with Gasteiger partial charge in [0, 0.05) is 26.2 Å². The molecular weight excluding hydrogens is 585 g/mol. The average Bonchev–Trinajstić information content (AvgIpc) is 3.14. The minimum Gasteiger partial charge on any atom is -0.338 e. The Morgan fingerprint density at radius 3 is 0.771 bits per heavy atom. The number of rotatable bonds is 16. The quantitative estimate of drug-likeness (QED) is 0.113. The Morgan fingerprint density at radius 1 is 0.292 bits per heavy atom. The van der Waals surface area contributed by atoms with Crippen LogP contribution in [0.15, 0.2) is 97.1 Å². The van der Waals surface area contributed by atoms with Crippen molar-refractivity contribution in [3.05, 3.63) is 97.1 Å². The van der Waals surface area contributed by atoms with Crippen LogP contribution in [0.2, 0.25) is 0 Å². The second-order valence-electron chi connectivity index (χ2n) is 13.3. The molecule has 4 heteroatoms. The van der Waals surface area contributed by atoms with E-state index in [-0.39, 0.29) is 0 Å². The molecule has 6 rings (SSSR count). The molecule has 4 aromatic rings. The van der Waals surface area contributed by atoms with Crippen LogP contribution in [0.25, 0.3) is 0 Å². The van der Waals surface area contributed by atoms with E-state index in [1.165, 1.54) is 123 Å². The molecule has 0 saturated carbocycles. The van der Waals surface area contributed by atoms with Crippen LogP contribution in [0.3, 0.4) is 0 Å². The maximum absolute atomic E-state index is 2.57. The van der Waals surface area contributed by atoms with Gasteiger partial charge in [0.1, 0.15) is 0 Å². The van der Waals surface area contributed by atoms with Crippen LogP contribution in [-0.4, -0.2) is 26.2 Å². The van der Waals surface area contributed by atoms with Crippen molar-refractivity contribution in [1.82, 2.24) is 0 Å². The van der Waals surface area contributed by atoms with Gasteiger partial charge < -0.3 is 19.6 Å². The Bertz CT molecular complexity index is 1320. The van der Waals surface area contributed by atoms with Crippen LogP contribution in [0.4, 0.5) is 45.5 Å². The van der Waals surface area contributed by atoms with E-state index in [1.807, 2.05) is 0 Å². The van der Waals surface area contributed by atoms with E-state index in [0.717, 1.165) is 26.2 Å². The second kappa shape index (κ2) is 18.6. The van der Waals surface area contributed by atoms with Gasteiger partial charge >= 0.3 is 0 Å². The highest BCUT2D eigenvalue weighted by Gasteiger charge is 2.28. The molecule has 0 amide bonds. The summed E-state index contributed by atoms with van der Waals surface area (Å²) in [7, 11) is 0. The third-order valence-electron chi connectivity index (χ3n) is 9.96. The molecule has 0 bridgehead atoms. The highest BCUT2D eigenvalue weighted by molar-refractivity contribution is 5.94. The number of nitrogens with zero attached hydrogens (tertiary/aromatic N) is 4. The molecule has 4 aromatic carbocycles. The molecule has 2 aliphatic rings. The van der Waals surface area contributed by atoms with Crippen molar-refractivity contribution in [2.45, 2.75) is 105 Å². The lowest BCUT2D eigenvalue weighted by atomic mass is 10.0. The van der Waals surface area contributed by atoms with E-state index in [0.29, 0.717) is 0 Å². The first-order chi connectivity index (χ1) is 23.7. The van der Waals surface area contributed by atoms with Gasteiger partial charge in [-0.3, -0.25) is 0 Å². The number of hydrogen-bond acceptors (Lipinski definition) is 4. The summed E-state index contributed by atoms with van der Waals surface area (Å²) in [4.78, 5) is 9.91. The molecule has 0 aromatic heterocycles. The van der Waals surface area contributed by atoms with Gasteiger partial charge in [-0.25, -0.2) is 0 Å². The molecule has 0 N–H and O–H groups in total. The van der Waals surface area contributed by atoms with Crippen LogP contribution < -0.4 is 19.6 Å². The fourth-order valence-corrected chi connectivity index (χ4v) is 7.47. The number of fused-ring (bicyclic) bond motifs is 4. The Balaban J connectivity index is 0.000000212. The van der Waals surface area contributed by atoms with E-state index in [9.17, 15) is 0 Å². The van der Waals surface area contributed by atoms with E-state index in [1.54, 1.807) is 0 Å². The SMILES string of the molecule is CCCCCCCCN1c2ccccc2N(CCCCCCCC)c2ccccc21.CCN1c2ccccc2N(CC)c2ccccc21. The Morgan fingerprint density at radius 2 is 0.521 bits per heavy atom. The molecule has 0 unspecified atom stereocenters. The Kier molecular flexibility index (Phi) is 13.7. The van der Waals surface area contributed by atoms with Crippen molar-refractivity contribution in [3.8, 4) is 0 Å². The summed E-state index contributed by atoms with van der Waals surface area (Å²) in [6.45, 7) is 13.2. The first-order valence-corrected chi connectivity index (χ1v) is 19.2. The minimum atomic E-state index is 0.992. The number of anilines is 8. The van der Waals surface area contributed by atoms with E-state index >= 15 is 0 Å². The normalized spacial score (nSPS) is 12.9. The van der Waals surface area contributed by atoms with Crippen molar-refractivity contribution in [2.75, 3.05) is 45.8 Å². The first kappa shape index (κ1) is 35.4. The monoisotopic (exact) mass is 644 g/mol. The molecule has 0 radical (unpaired) electrons. The van der Waals surface area contributed by atoms with Gasteiger partial charge in [0.2, 0.25) is 0 Å². The van der Waals surface area contributed by atoms with Crippen LogP contribution in [0.5, 0.6) is 0 Å². The highest BCUT2D eigenvalue weighted by Crippen LogP contribution is 2.48. The lowest BCUT2D eigenvalue weighted by molar-refractivity contribution is 0.605. The van der Waals surface area contributed by atoms with Crippen LogP contribution in [0, 0.1) is 0 Å². The molecular formula is C44H60N4. The predicted molar refractivity (Wildman–Crippen MR) is 212 cm³/mol. The zero-order chi connectivity index (χ0) is 33.6. The fourth-order valence-electron chi connectivity index (χ4n) is 7.47. The molecule has 0 spiro atoms. The van der Waals surface area contributed by atoms with E-state index in [2.05, 4.69) is 144 Å². The molecule has 0 atom stereocenters. The molecule has 0 aliphatic carbocycles. The molecule has 2 heterocycles. The number of para-hydroxylation sites is 8. The van der Waals surface area contributed by atoms with Crippen molar-refractivity contribution >= 4 is 45.5 Å². The van der Waals surface area contributed by atoms with E-state index in [4.69, 9.17) is 0 Å². The van der Waals surface area contributed by atoms with Gasteiger partial charge in [-0.2, -0.15) is 0 Å². The summed E-state index contributed by atoms with van der Waals surface area (Å²) in [5.41, 5.74) is 10.8. The number of unbranched alkanes of at least 4 members (excludes halogenated alkanes) is 10. The zero-order valence-electron chi connectivity index (χ0n) is 30.3. The number of hydrogen-bond donors (Lipinski definition) is 0. The minimum absolute atomic E-state index is 0.992. The second-order valence-corrected chi connectivity index (χ2v) is 13.3. The van der Waals surface area contributed by atoms with Gasteiger partial charge in [0.05, 0.1) is 45.5 Å². The molecule has 4 nitrogen and oxygen atoms in total. The largest absolute Gasteiger partial charge is 0.338 e. The van der Waals surface area contributed by atoms with Crippen molar-refractivity contribution in [2.24, 2.45) is 0 Å². The summed E-state index contributed by atoms with van der Waals surface area (Å²) in [6.07, 6.45) is 16.1. The van der Waals surface area contributed by atoms with Crippen molar-refractivity contribution in [1.29, 1.82) is 0 Å². The molecule has 0 saturated heterocycles. The van der Waals surface area contributed by atoms with Gasteiger partial charge in [-0.05, 0) is 75.2 Å².